The van der Waals surface area contributed by atoms with Gasteiger partial charge >= 0.3 is 18.0 Å². The summed E-state index contributed by atoms with van der Waals surface area (Å²) in [5.41, 5.74) is 0. The highest BCUT2D eigenvalue weighted by Crippen LogP contribution is 2.00. The monoisotopic (exact) mass is 274 g/mol. The minimum absolute atomic E-state index is 0.385. The van der Waals surface area contributed by atoms with Crippen molar-refractivity contribution >= 4 is 18.0 Å². The summed E-state index contributed by atoms with van der Waals surface area (Å²) in [4.78, 5) is 35.5. The third-order valence-electron chi connectivity index (χ3n) is 2.47. The van der Waals surface area contributed by atoms with Crippen LogP contribution in [0.15, 0.2) is 0 Å². The van der Waals surface area contributed by atoms with Crippen molar-refractivity contribution in [1.82, 2.24) is 10.2 Å². The van der Waals surface area contributed by atoms with Crippen LogP contribution < -0.4 is 5.32 Å². The maximum absolute atomic E-state index is 11.9. The molecule has 0 heterocycles. The van der Waals surface area contributed by atoms with Crippen molar-refractivity contribution in [1.29, 1.82) is 0 Å². The molecule has 0 saturated heterocycles. The number of nitrogens with zero attached hydrogens (tertiary/aromatic N) is 1. The smallest absolute Gasteiger partial charge is 0.326 e. The van der Waals surface area contributed by atoms with Crippen molar-refractivity contribution in [2.24, 2.45) is 0 Å². The van der Waals surface area contributed by atoms with Crippen molar-refractivity contribution < 1.29 is 24.2 Å². The quantitative estimate of drug-likeness (QED) is 0.639. The van der Waals surface area contributed by atoms with E-state index >= 15 is 0 Å². The van der Waals surface area contributed by atoms with E-state index in [0.717, 1.165) is 12.8 Å². The average molecular weight is 274 g/mol. The zero-order chi connectivity index (χ0) is 14.8. The number of amides is 2. The zero-order valence-corrected chi connectivity index (χ0v) is 11.6. The molecule has 0 spiro atoms. The van der Waals surface area contributed by atoms with Gasteiger partial charge in [0.2, 0.25) is 0 Å². The number of carboxylic acid groups (broad SMARTS) is 1. The fraction of sp³-hybridized carbons (Fsp3) is 0.750. The van der Waals surface area contributed by atoms with Gasteiger partial charge in [0.1, 0.15) is 6.04 Å². The molecule has 0 saturated carbocycles. The first-order valence-electron chi connectivity index (χ1n) is 6.31. The molecule has 7 nitrogen and oxygen atoms in total. The molecule has 0 aromatic heterocycles. The summed E-state index contributed by atoms with van der Waals surface area (Å²) in [6, 6.07) is -1.74. The van der Waals surface area contributed by atoms with Gasteiger partial charge in [-0.2, -0.15) is 0 Å². The Morgan fingerprint density at radius 3 is 2.11 bits per heavy atom. The third-order valence-corrected chi connectivity index (χ3v) is 2.47. The Morgan fingerprint density at radius 1 is 1.21 bits per heavy atom. The number of nitrogens with one attached hydrogen (secondary N) is 1. The Labute approximate surface area is 112 Å². The minimum atomic E-state index is -1.27. The van der Waals surface area contributed by atoms with Gasteiger partial charge in [0, 0.05) is 13.1 Å². The summed E-state index contributed by atoms with van der Waals surface area (Å²) < 4.78 is 4.40. The Morgan fingerprint density at radius 2 is 1.74 bits per heavy atom. The first kappa shape index (κ1) is 17.2. The van der Waals surface area contributed by atoms with Crippen LogP contribution in [0.1, 0.15) is 33.1 Å². The van der Waals surface area contributed by atoms with Crippen LogP contribution in [0.2, 0.25) is 0 Å². The standard InChI is InChI=1S/C12H22N2O5/c1-4-6-14(7-5-2)12(18)13-9(11(16)17)8-10(15)19-3/h9H,4-8H2,1-3H3,(H,13,18)(H,16,17)/t9-/m0/s1. The van der Waals surface area contributed by atoms with E-state index in [0.29, 0.717) is 13.1 Å². The number of carbonyl (C=O) groups excluding carboxylic acids is 2. The van der Waals surface area contributed by atoms with Crippen LogP contribution in [-0.4, -0.2) is 54.2 Å². The highest BCUT2D eigenvalue weighted by Gasteiger charge is 2.25. The number of esters is 1. The SMILES string of the molecule is CCCN(CCC)C(=O)N[C@@H](CC(=O)OC)C(=O)O. The summed E-state index contributed by atoms with van der Waals surface area (Å²) >= 11 is 0. The molecule has 0 fully saturated rings. The lowest BCUT2D eigenvalue weighted by atomic mass is 10.2. The zero-order valence-electron chi connectivity index (χ0n) is 11.6. The van der Waals surface area contributed by atoms with E-state index in [1.54, 1.807) is 0 Å². The molecule has 0 rings (SSSR count). The van der Waals surface area contributed by atoms with Gasteiger partial charge in [0.15, 0.2) is 0 Å². The van der Waals surface area contributed by atoms with Crippen molar-refractivity contribution in [3.8, 4) is 0 Å². The lowest BCUT2D eigenvalue weighted by molar-refractivity contribution is -0.147. The predicted molar refractivity (Wildman–Crippen MR) is 68.7 cm³/mol. The lowest BCUT2D eigenvalue weighted by Crippen LogP contribution is -2.49. The van der Waals surface area contributed by atoms with E-state index in [4.69, 9.17) is 5.11 Å². The molecule has 0 bridgehead atoms. The Kier molecular flexibility index (Phi) is 8.32. The number of hydrogen-bond acceptors (Lipinski definition) is 4. The molecule has 0 aromatic carbocycles. The lowest BCUT2D eigenvalue weighted by Gasteiger charge is -2.24. The summed E-state index contributed by atoms with van der Waals surface area (Å²) in [6.45, 7) is 4.95. The molecular weight excluding hydrogens is 252 g/mol. The van der Waals surface area contributed by atoms with Gasteiger partial charge in [-0.15, -0.1) is 0 Å². The van der Waals surface area contributed by atoms with Crippen molar-refractivity contribution in [2.45, 2.75) is 39.2 Å². The van der Waals surface area contributed by atoms with Gasteiger partial charge in [0.05, 0.1) is 13.5 Å². The number of methoxy groups -OCH3 is 1. The number of urea groups is 1. The fourth-order valence-corrected chi connectivity index (χ4v) is 1.55. The molecule has 2 N–H and O–H groups in total. The van der Waals surface area contributed by atoms with Crippen LogP contribution in [0.5, 0.6) is 0 Å². The molecule has 0 aromatic rings. The van der Waals surface area contributed by atoms with E-state index in [9.17, 15) is 14.4 Å². The average Bonchev–Trinajstić information content (AvgIpc) is 2.37. The van der Waals surface area contributed by atoms with Crippen LogP contribution in [0.3, 0.4) is 0 Å². The summed E-state index contributed by atoms with van der Waals surface area (Å²) in [5, 5.41) is 11.3. The van der Waals surface area contributed by atoms with Gasteiger partial charge in [-0.05, 0) is 12.8 Å². The van der Waals surface area contributed by atoms with Crippen LogP contribution in [0, 0.1) is 0 Å². The second-order valence-electron chi connectivity index (χ2n) is 4.11. The van der Waals surface area contributed by atoms with Gasteiger partial charge in [-0.3, -0.25) is 4.79 Å². The summed E-state index contributed by atoms with van der Waals surface area (Å²) in [5.74, 6) is -1.93. The highest BCUT2D eigenvalue weighted by atomic mass is 16.5. The molecule has 0 aliphatic carbocycles. The Bertz CT molecular complexity index is 313. The Balaban J connectivity index is 4.59. The predicted octanol–water partition coefficient (Wildman–Crippen LogP) is 0.834. The van der Waals surface area contributed by atoms with Crippen LogP contribution in [0.25, 0.3) is 0 Å². The summed E-state index contributed by atoms with van der Waals surface area (Å²) in [7, 11) is 1.17. The van der Waals surface area contributed by atoms with E-state index < -0.39 is 24.0 Å². The number of hydrogen-bond donors (Lipinski definition) is 2. The van der Waals surface area contributed by atoms with Gasteiger partial charge in [-0.25, -0.2) is 9.59 Å². The molecular formula is C12H22N2O5. The second kappa shape index (κ2) is 9.18. The molecule has 0 aliphatic heterocycles. The van der Waals surface area contributed by atoms with Crippen LogP contribution >= 0.6 is 0 Å². The molecule has 0 unspecified atom stereocenters. The second-order valence-corrected chi connectivity index (χ2v) is 4.11. The number of carbonyl (C=O) groups is 3. The third kappa shape index (κ3) is 6.64. The van der Waals surface area contributed by atoms with E-state index in [1.165, 1.54) is 12.0 Å². The molecule has 7 heteroatoms. The highest BCUT2D eigenvalue weighted by molar-refractivity contribution is 5.86. The van der Waals surface area contributed by atoms with Crippen molar-refractivity contribution in [2.75, 3.05) is 20.2 Å². The minimum Gasteiger partial charge on any atom is -0.480 e. The topological polar surface area (TPSA) is 95.9 Å². The number of rotatable bonds is 8. The van der Waals surface area contributed by atoms with E-state index in [2.05, 4.69) is 10.1 Å². The molecule has 2 amide bonds. The molecule has 19 heavy (non-hydrogen) atoms. The van der Waals surface area contributed by atoms with Gasteiger partial charge in [-0.1, -0.05) is 13.8 Å². The first-order valence-corrected chi connectivity index (χ1v) is 6.31. The van der Waals surface area contributed by atoms with Crippen molar-refractivity contribution in [3.05, 3.63) is 0 Å². The fourth-order valence-electron chi connectivity index (χ4n) is 1.55. The number of carboxylic acids is 1. The normalized spacial score (nSPS) is 11.5. The molecule has 0 aliphatic rings. The molecule has 0 radical (unpaired) electrons. The summed E-state index contributed by atoms with van der Waals surface area (Å²) in [6.07, 6.45) is 1.17. The van der Waals surface area contributed by atoms with Gasteiger partial charge < -0.3 is 20.1 Å². The number of aliphatic carboxylic acids is 1. The van der Waals surface area contributed by atoms with Crippen LogP contribution in [-0.2, 0) is 14.3 Å². The number of ether oxygens (including phenoxy) is 1. The molecule has 110 valence electrons. The largest absolute Gasteiger partial charge is 0.480 e. The maximum atomic E-state index is 11.9. The maximum Gasteiger partial charge on any atom is 0.326 e. The van der Waals surface area contributed by atoms with E-state index in [1.807, 2.05) is 13.8 Å². The van der Waals surface area contributed by atoms with Crippen LogP contribution in [0.4, 0.5) is 4.79 Å². The van der Waals surface area contributed by atoms with E-state index in [-0.39, 0.29) is 6.42 Å². The first-order chi connectivity index (χ1) is 8.96. The Hall–Kier alpha value is -1.79. The molecule has 1 atom stereocenters. The van der Waals surface area contributed by atoms with Gasteiger partial charge in [0.25, 0.3) is 0 Å². The van der Waals surface area contributed by atoms with Crippen molar-refractivity contribution in [3.63, 3.8) is 0 Å².